The summed E-state index contributed by atoms with van der Waals surface area (Å²) in [6.07, 6.45) is 33.7. The molecule has 0 nitrogen and oxygen atoms in total. The van der Waals surface area contributed by atoms with Gasteiger partial charge in [-0.15, -0.1) is 6.58 Å². The maximum atomic E-state index is 3.85. The summed E-state index contributed by atoms with van der Waals surface area (Å²) in [5.41, 5.74) is 0.677. The molecule has 0 radical (unpaired) electrons. The minimum Gasteiger partial charge on any atom is -0.103 e. The van der Waals surface area contributed by atoms with Crippen molar-refractivity contribution in [1.82, 2.24) is 0 Å². The molecule has 0 aliphatic heterocycles. The lowest BCUT2D eigenvalue weighted by Gasteiger charge is -2.35. The Morgan fingerprint density at radius 2 is 0.786 bits per heavy atom. The third-order valence-corrected chi connectivity index (χ3v) is 6.80. The highest BCUT2D eigenvalue weighted by Gasteiger charge is 2.28. The van der Waals surface area contributed by atoms with Crippen LogP contribution in [-0.2, 0) is 0 Å². The third kappa shape index (κ3) is 16.7. The van der Waals surface area contributed by atoms with Crippen molar-refractivity contribution in [1.29, 1.82) is 0 Å². The van der Waals surface area contributed by atoms with Crippen molar-refractivity contribution in [3.8, 4) is 0 Å². The van der Waals surface area contributed by atoms with E-state index in [9.17, 15) is 0 Å². The van der Waals surface area contributed by atoms with E-state index in [1.807, 2.05) is 0 Å². The van der Waals surface area contributed by atoms with Gasteiger partial charge in [0.05, 0.1) is 0 Å². The molecule has 0 atom stereocenters. The van der Waals surface area contributed by atoms with Gasteiger partial charge in [-0.3, -0.25) is 0 Å². The second-order valence-electron chi connectivity index (χ2n) is 9.53. The Morgan fingerprint density at radius 3 is 1.14 bits per heavy atom. The van der Waals surface area contributed by atoms with Crippen LogP contribution in [0.15, 0.2) is 12.7 Å². The van der Waals surface area contributed by atoms with Crippen molar-refractivity contribution in [3.05, 3.63) is 12.7 Å². The fraction of sp³-hybridized carbons (Fsp3) is 0.929. The molecule has 0 aromatic rings. The molecule has 0 saturated carbocycles. The Bertz CT molecular complexity index is 272. The molecule has 0 saturated heterocycles. The van der Waals surface area contributed by atoms with Crippen molar-refractivity contribution < 1.29 is 0 Å². The van der Waals surface area contributed by atoms with E-state index in [1.165, 1.54) is 141 Å². The molecule has 0 aromatic carbocycles. The van der Waals surface area contributed by atoms with Crippen LogP contribution < -0.4 is 0 Å². The van der Waals surface area contributed by atoms with Gasteiger partial charge in [-0.05, 0) is 43.9 Å². The molecule has 0 aliphatic carbocycles. The third-order valence-electron chi connectivity index (χ3n) is 6.80. The van der Waals surface area contributed by atoms with Crippen LogP contribution in [0, 0.1) is 5.41 Å². The molecule has 0 amide bonds. The highest BCUT2D eigenvalue weighted by Crippen LogP contribution is 2.42. The van der Waals surface area contributed by atoms with E-state index in [0.29, 0.717) is 5.41 Å². The number of hydrogen-bond donors (Lipinski definition) is 0. The molecule has 0 bridgehead atoms. The first-order valence-corrected chi connectivity index (χ1v) is 13.4. The number of rotatable bonds is 23. The summed E-state index contributed by atoms with van der Waals surface area (Å²) in [6, 6.07) is 0. The van der Waals surface area contributed by atoms with Gasteiger partial charge < -0.3 is 0 Å². The van der Waals surface area contributed by atoms with Gasteiger partial charge in [0.1, 0.15) is 0 Å². The summed E-state index contributed by atoms with van der Waals surface area (Å²) in [6.45, 7) is 10.9. The molecule has 28 heavy (non-hydrogen) atoms. The highest BCUT2D eigenvalue weighted by atomic mass is 14.3. The molecule has 0 heteroatoms. The van der Waals surface area contributed by atoms with Crippen molar-refractivity contribution >= 4 is 0 Å². The van der Waals surface area contributed by atoms with Gasteiger partial charge in [0.25, 0.3) is 0 Å². The lowest BCUT2D eigenvalue weighted by atomic mass is 9.70. The first-order chi connectivity index (χ1) is 13.7. The standard InChI is InChI=1S/C28H56/c1-5-9-13-17-18-19-23-27-28(24-20-14-10-6-2,25-21-15-11-7-3)26-22-16-12-8-4/h5H,1,6-27H2,2-4H3. The Kier molecular flexibility index (Phi) is 21.2. The van der Waals surface area contributed by atoms with E-state index in [-0.39, 0.29) is 0 Å². The van der Waals surface area contributed by atoms with Crippen LogP contribution >= 0.6 is 0 Å². The molecule has 0 rings (SSSR count). The normalized spacial score (nSPS) is 11.8. The predicted octanol–water partition coefficient (Wildman–Crippen LogP) is 10.8. The van der Waals surface area contributed by atoms with Crippen LogP contribution in [0.2, 0.25) is 0 Å². The van der Waals surface area contributed by atoms with Crippen molar-refractivity contribution in [2.75, 3.05) is 0 Å². The van der Waals surface area contributed by atoms with Crippen LogP contribution in [0.5, 0.6) is 0 Å². The summed E-state index contributed by atoms with van der Waals surface area (Å²) in [7, 11) is 0. The summed E-state index contributed by atoms with van der Waals surface area (Å²) in [4.78, 5) is 0. The quantitative estimate of drug-likeness (QED) is 0.120. The van der Waals surface area contributed by atoms with Gasteiger partial charge in [0.2, 0.25) is 0 Å². The van der Waals surface area contributed by atoms with E-state index in [0.717, 1.165) is 0 Å². The van der Waals surface area contributed by atoms with E-state index < -0.39 is 0 Å². The zero-order valence-corrected chi connectivity index (χ0v) is 20.3. The molecule has 0 N–H and O–H groups in total. The Labute approximate surface area is 180 Å². The summed E-state index contributed by atoms with van der Waals surface area (Å²) >= 11 is 0. The zero-order valence-electron chi connectivity index (χ0n) is 20.3. The second kappa shape index (κ2) is 21.4. The van der Waals surface area contributed by atoms with Crippen LogP contribution in [0.25, 0.3) is 0 Å². The van der Waals surface area contributed by atoms with E-state index >= 15 is 0 Å². The molecule has 0 heterocycles. The summed E-state index contributed by atoms with van der Waals surface area (Å²) in [5.74, 6) is 0. The van der Waals surface area contributed by atoms with Gasteiger partial charge in [0, 0.05) is 0 Å². The maximum Gasteiger partial charge on any atom is -0.0297 e. The first-order valence-electron chi connectivity index (χ1n) is 13.4. The lowest BCUT2D eigenvalue weighted by Crippen LogP contribution is -2.21. The Hall–Kier alpha value is -0.260. The maximum absolute atomic E-state index is 3.85. The monoisotopic (exact) mass is 392 g/mol. The molecular formula is C28H56. The van der Waals surface area contributed by atoms with Gasteiger partial charge in [0.15, 0.2) is 0 Å². The van der Waals surface area contributed by atoms with Crippen LogP contribution in [0.1, 0.15) is 162 Å². The van der Waals surface area contributed by atoms with Gasteiger partial charge >= 0.3 is 0 Å². The van der Waals surface area contributed by atoms with Crippen molar-refractivity contribution in [2.24, 2.45) is 5.41 Å². The fourth-order valence-corrected chi connectivity index (χ4v) is 4.85. The van der Waals surface area contributed by atoms with Gasteiger partial charge in [-0.25, -0.2) is 0 Å². The van der Waals surface area contributed by atoms with Gasteiger partial charge in [-0.1, -0.05) is 130 Å². The SMILES string of the molecule is C=CCCCCCCCC(CCCCCC)(CCCCCC)CCCCCC. The van der Waals surface area contributed by atoms with E-state index in [1.54, 1.807) is 0 Å². The Morgan fingerprint density at radius 1 is 0.464 bits per heavy atom. The van der Waals surface area contributed by atoms with E-state index in [2.05, 4.69) is 33.4 Å². The molecule has 0 fully saturated rings. The predicted molar refractivity (Wildman–Crippen MR) is 131 cm³/mol. The molecule has 0 spiro atoms. The lowest BCUT2D eigenvalue weighted by molar-refractivity contribution is 0.172. The van der Waals surface area contributed by atoms with Crippen molar-refractivity contribution in [2.45, 2.75) is 162 Å². The molecule has 0 aromatic heterocycles. The van der Waals surface area contributed by atoms with Crippen LogP contribution in [0.3, 0.4) is 0 Å². The molecule has 0 unspecified atom stereocenters. The average molecular weight is 393 g/mol. The number of allylic oxidation sites excluding steroid dienone is 1. The van der Waals surface area contributed by atoms with E-state index in [4.69, 9.17) is 0 Å². The minimum absolute atomic E-state index is 0.677. The average Bonchev–Trinajstić information content (AvgIpc) is 2.71. The summed E-state index contributed by atoms with van der Waals surface area (Å²) in [5, 5.41) is 0. The molecular weight excluding hydrogens is 336 g/mol. The van der Waals surface area contributed by atoms with Crippen LogP contribution in [0.4, 0.5) is 0 Å². The highest BCUT2D eigenvalue weighted by molar-refractivity contribution is 4.80. The first kappa shape index (κ1) is 27.7. The Balaban J connectivity index is 4.60. The number of hydrogen-bond acceptors (Lipinski definition) is 0. The molecule has 168 valence electrons. The second-order valence-corrected chi connectivity index (χ2v) is 9.53. The molecule has 0 aliphatic rings. The largest absolute Gasteiger partial charge is 0.103 e. The van der Waals surface area contributed by atoms with Gasteiger partial charge in [-0.2, -0.15) is 0 Å². The fourth-order valence-electron chi connectivity index (χ4n) is 4.85. The zero-order chi connectivity index (χ0) is 20.8. The van der Waals surface area contributed by atoms with Crippen molar-refractivity contribution in [3.63, 3.8) is 0 Å². The number of unbranched alkanes of at least 4 members (excludes halogenated alkanes) is 14. The topological polar surface area (TPSA) is 0 Å². The minimum atomic E-state index is 0.677. The van der Waals surface area contributed by atoms with Crippen LogP contribution in [-0.4, -0.2) is 0 Å². The summed E-state index contributed by atoms with van der Waals surface area (Å²) < 4.78 is 0. The smallest absolute Gasteiger partial charge is 0.0297 e.